The van der Waals surface area contributed by atoms with Crippen LogP contribution in [0.3, 0.4) is 0 Å². The van der Waals surface area contributed by atoms with E-state index >= 15 is 0 Å². The van der Waals surface area contributed by atoms with Gasteiger partial charge in [0, 0.05) is 10.7 Å². The number of aromatic carboxylic acids is 1. The van der Waals surface area contributed by atoms with Gasteiger partial charge in [0.15, 0.2) is 0 Å². The molecule has 2 N–H and O–H groups in total. The molecule has 0 amide bonds. The van der Waals surface area contributed by atoms with Crippen LogP contribution in [0.5, 0.6) is 0 Å². The second-order valence-electron chi connectivity index (χ2n) is 4.22. The largest absolute Gasteiger partial charge is 0.478 e. The number of hydrogen-bond acceptors (Lipinski definition) is 3. The van der Waals surface area contributed by atoms with Gasteiger partial charge in [0.1, 0.15) is 5.82 Å². The highest BCUT2D eigenvalue weighted by Crippen LogP contribution is 2.23. The van der Waals surface area contributed by atoms with Crippen LogP contribution in [0.1, 0.15) is 21.6 Å². The van der Waals surface area contributed by atoms with Gasteiger partial charge in [-0.25, -0.2) is 9.78 Å². The first-order valence-electron chi connectivity index (χ1n) is 5.71. The molecule has 0 aliphatic heterocycles. The minimum atomic E-state index is -0.977. The Morgan fingerprint density at radius 2 is 2.00 bits per heavy atom. The number of nitrogens with one attached hydrogen (secondary N) is 1. The van der Waals surface area contributed by atoms with Crippen LogP contribution in [0.15, 0.2) is 30.3 Å². The first kappa shape index (κ1) is 13.4. The minimum absolute atomic E-state index is 0.201. The number of aromatic nitrogens is 1. The van der Waals surface area contributed by atoms with Gasteiger partial charge in [-0.05, 0) is 43.7 Å². The highest BCUT2D eigenvalue weighted by atomic mass is 35.5. The third-order valence-electron chi connectivity index (χ3n) is 2.76. The number of anilines is 2. The molecule has 0 aliphatic rings. The molecule has 0 unspecified atom stereocenters. The summed E-state index contributed by atoms with van der Waals surface area (Å²) in [6, 6.07) is 8.76. The van der Waals surface area contributed by atoms with Crippen molar-refractivity contribution in [3.05, 3.63) is 52.2 Å². The van der Waals surface area contributed by atoms with E-state index in [-0.39, 0.29) is 5.56 Å². The average molecular weight is 277 g/mol. The molecule has 0 spiro atoms. The van der Waals surface area contributed by atoms with Crippen molar-refractivity contribution in [2.24, 2.45) is 0 Å². The molecule has 2 aromatic rings. The number of carboxylic acid groups (broad SMARTS) is 1. The molecule has 4 nitrogen and oxygen atoms in total. The van der Waals surface area contributed by atoms with Gasteiger partial charge in [0.05, 0.1) is 11.3 Å². The van der Waals surface area contributed by atoms with Gasteiger partial charge in [-0.3, -0.25) is 0 Å². The zero-order valence-electron chi connectivity index (χ0n) is 10.6. The quantitative estimate of drug-likeness (QED) is 0.895. The predicted octanol–water partition coefficient (Wildman–Crippen LogP) is 3.79. The highest BCUT2D eigenvalue weighted by molar-refractivity contribution is 6.31. The van der Waals surface area contributed by atoms with E-state index in [0.717, 1.165) is 11.3 Å². The summed E-state index contributed by atoms with van der Waals surface area (Å²) in [5.74, 6) is -0.391. The van der Waals surface area contributed by atoms with Crippen LogP contribution < -0.4 is 5.32 Å². The number of benzene rings is 1. The maximum atomic E-state index is 10.9. The van der Waals surface area contributed by atoms with Gasteiger partial charge >= 0.3 is 5.97 Å². The number of hydrogen-bond donors (Lipinski definition) is 2. The lowest BCUT2D eigenvalue weighted by Gasteiger charge is -2.09. The van der Waals surface area contributed by atoms with Crippen LogP contribution >= 0.6 is 11.6 Å². The minimum Gasteiger partial charge on any atom is -0.478 e. The predicted molar refractivity (Wildman–Crippen MR) is 75.4 cm³/mol. The Morgan fingerprint density at radius 3 is 2.58 bits per heavy atom. The van der Waals surface area contributed by atoms with Crippen LogP contribution in [0.4, 0.5) is 11.5 Å². The zero-order chi connectivity index (χ0) is 14.0. The summed E-state index contributed by atoms with van der Waals surface area (Å²) in [7, 11) is 0. The van der Waals surface area contributed by atoms with Crippen molar-refractivity contribution >= 4 is 29.1 Å². The molecule has 2 rings (SSSR count). The second-order valence-corrected chi connectivity index (χ2v) is 4.63. The highest BCUT2D eigenvalue weighted by Gasteiger charge is 2.08. The number of halogens is 1. The average Bonchev–Trinajstić information content (AvgIpc) is 2.33. The monoisotopic (exact) mass is 276 g/mol. The molecule has 5 heteroatoms. The van der Waals surface area contributed by atoms with E-state index in [1.54, 1.807) is 19.1 Å². The molecule has 98 valence electrons. The number of aryl methyl sites for hydroxylation is 2. The van der Waals surface area contributed by atoms with Gasteiger partial charge in [-0.2, -0.15) is 0 Å². The summed E-state index contributed by atoms with van der Waals surface area (Å²) < 4.78 is 0. The molecular weight excluding hydrogens is 264 g/mol. The summed E-state index contributed by atoms with van der Waals surface area (Å²) in [6.07, 6.45) is 0. The third-order valence-corrected chi connectivity index (χ3v) is 3.17. The zero-order valence-corrected chi connectivity index (χ0v) is 11.3. The number of rotatable bonds is 3. The summed E-state index contributed by atoms with van der Waals surface area (Å²) >= 11 is 6.04. The van der Waals surface area contributed by atoms with E-state index in [4.69, 9.17) is 16.7 Å². The van der Waals surface area contributed by atoms with Gasteiger partial charge in [0.2, 0.25) is 0 Å². The normalized spacial score (nSPS) is 10.3. The Bertz CT molecular complexity index is 641. The summed E-state index contributed by atoms with van der Waals surface area (Å²) in [5, 5.41) is 12.7. The van der Waals surface area contributed by atoms with Crippen molar-refractivity contribution in [1.82, 2.24) is 4.98 Å². The maximum Gasteiger partial charge on any atom is 0.337 e. The molecule has 1 aromatic carbocycles. The van der Waals surface area contributed by atoms with Crippen LogP contribution in [0.25, 0.3) is 0 Å². The van der Waals surface area contributed by atoms with Crippen molar-refractivity contribution in [1.29, 1.82) is 0 Å². The van der Waals surface area contributed by atoms with Crippen molar-refractivity contribution in [2.75, 3.05) is 5.32 Å². The maximum absolute atomic E-state index is 10.9. The number of carboxylic acids is 1. The Labute approximate surface area is 116 Å². The molecule has 0 saturated heterocycles. The van der Waals surface area contributed by atoms with E-state index in [1.165, 1.54) is 6.07 Å². The fourth-order valence-corrected chi connectivity index (χ4v) is 1.86. The molecular formula is C14H13ClN2O2. The molecule has 0 radical (unpaired) electrons. The van der Waals surface area contributed by atoms with Crippen LogP contribution in [-0.2, 0) is 0 Å². The summed E-state index contributed by atoms with van der Waals surface area (Å²) in [6.45, 7) is 3.59. The molecule has 1 aromatic heterocycles. The Kier molecular flexibility index (Phi) is 3.71. The van der Waals surface area contributed by atoms with Crippen molar-refractivity contribution in [2.45, 2.75) is 13.8 Å². The van der Waals surface area contributed by atoms with Crippen molar-refractivity contribution in [3.63, 3.8) is 0 Å². The van der Waals surface area contributed by atoms with E-state index in [1.807, 2.05) is 19.1 Å². The lowest BCUT2D eigenvalue weighted by atomic mass is 10.2. The lowest BCUT2D eigenvalue weighted by Crippen LogP contribution is -2.03. The Balaban J connectivity index is 2.26. The summed E-state index contributed by atoms with van der Waals surface area (Å²) in [4.78, 5) is 15.1. The SMILES string of the molecule is Cc1ccc(Nc2ccc(C(=O)O)c(C)n2)cc1Cl. The second kappa shape index (κ2) is 5.28. The topological polar surface area (TPSA) is 62.2 Å². The Morgan fingerprint density at radius 1 is 1.26 bits per heavy atom. The van der Waals surface area contributed by atoms with E-state index < -0.39 is 5.97 Å². The van der Waals surface area contributed by atoms with Gasteiger partial charge < -0.3 is 10.4 Å². The number of carbonyl (C=O) groups is 1. The molecule has 0 atom stereocenters. The molecule has 0 fully saturated rings. The fourth-order valence-electron chi connectivity index (χ4n) is 1.68. The van der Waals surface area contributed by atoms with Crippen LogP contribution in [0.2, 0.25) is 5.02 Å². The van der Waals surface area contributed by atoms with Crippen molar-refractivity contribution in [3.8, 4) is 0 Å². The van der Waals surface area contributed by atoms with Gasteiger partial charge in [-0.15, -0.1) is 0 Å². The van der Waals surface area contributed by atoms with E-state index in [2.05, 4.69) is 10.3 Å². The van der Waals surface area contributed by atoms with Crippen molar-refractivity contribution < 1.29 is 9.90 Å². The fraction of sp³-hybridized carbons (Fsp3) is 0.143. The molecule has 0 bridgehead atoms. The van der Waals surface area contributed by atoms with Crippen LogP contribution in [0, 0.1) is 13.8 Å². The number of nitrogens with zero attached hydrogens (tertiary/aromatic N) is 1. The molecule has 19 heavy (non-hydrogen) atoms. The van der Waals surface area contributed by atoms with E-state index in [0.29, 0.717) is 16.5 Å². The lowest BCUT2D eigenvalue weighted by molar-refractivity contribution is 0.0695. The van der Waals surface area contributed by atoms with Crippen LogP contribution in [-0.4, -0.2) is 16.1 Å². The van der Waals surface area contributed by atoms with E-state index in [9.17, 15) is 4.79 Å². The van der Waals surface area contributed by atoms with Gasteiger partial charge in [-0.1, -0.05) is 17.7 Å². The molecule has 0 saturated carbocycles. The Hall–Kier alpha value is -2.07. The third kappa shape index (κ3) is 3.03. The first-order chi connectivity index (χ1) is 8.97. The molecule has 1 heterocycles. The summed E-state index contributed by atoms with van der Waals surface area (Å²) in [5.41, 5.74) is 2.48. The first-order valence-corrected chi connectivity index (χ1v) is 6.09. The standard InChI is InChI=1S/C14H13ClN2O2/c1-8-3-4-10(7-12(8)15)17-13-6-5-11(14(18)19)9(2)16-13/h3-7H,1-2H3,(H,16,17)(H,18,19). The molecule has 0 aliphatic carbocycles. The van der Waals surface area contributed by atoms with Gasteiger partial charge in [0.25, 0.3) is 0 Å². The number of pyridine rings is 1. The smallest absolute Gasteiger partial charge is 0.337 e.